The Morgan fingerprint density at radius 2 is 1.85 bits per heavy atom. The summed E-state index contributed by atoms with van der Waals surface area (Å²) in [5.41, 5.74) is 3.58. The van der Waals surface area contributed by atoms with Crippen LogP contribution in [0.15, 0.2) is 89.7 Å². The van der Waals surface area contributed by atoms with E-state index in [2.05, 4.69) is 15.6 Å². The lowest BCUT2D eigenvalue weighted by atomic mass is 10.1. The number of hydrogen-bond donors (Lipinski definition) is 4. The van der Waals surface area contributed by atoms with Gasteiger partial charge < -0.3 is 15.1 Å². The number of hydrogen-bond acceptors (Lipinski definition) is 6. The van der Waals surface area contributed by atoms with Crippen LogP contribution in [0.4, 0.5) is 17.2 Å². The van der Waals surface area contributed by atoms with Gasteiger partial charge in [0, 0.05) is 23.9 Å². The lowest BCUT2D eigenvalue weighted by molar-refractivity contribution is 0.0923. The number of aromatic nitrogens is 1. The van der Waals surface area contributed by atoms with Crippen molar-refractivity contribution in [1.82, 2.24) is 10.3 Å². The number of amidine groups is 2. The number of pyridine rings is 1. The van der Waals surface area contributed by atoms with E-state index in [1.165, 1.54) is 6.26 Å². The van der Waals surface area contributed by atoms with E-state index in [1.54, 1.807) is 29.3 Å². The normalized spacial score (nSPS) is 12.2. The maximum atomic E-state index is 12.1. The number of rotatable bonds is 4. The predicted molar refractivity (Wildman–Crippen MR) is 126 cm³/mol. The Labute approximate surface area is 189 Å². The van der Waals surface area contributed by atoms with E-state index < -0.39 is 0 Å². The molecule has 0 saturated carbocycles. The summed E-state index contributed by atoms with van der Waals surface area (Å²) in [6.45, 7) is 0.330. The lowest BCUT2D eigenvalue weighted by Crippen LogP contribution is -2.36. The van der Waals surface area contributed by atoms with E-state index in [0.717, 1.165) is 11.3 Å². The SMILES string of the molecule is N=C(c1ccc(CNC(=O)c2ccco2)cc1)N1C(=N)c2ccccc2Nc2ncccc21. The second-order valence-corrected chi connectivity index (χ2v) is 7.43. The molecule has 0 fully saturated rings. The van der Waals surface area contributed by atoms with Crippen molar-refractivity contribution in [3.05, 3.63) is 108 Å². The molecule has 1 amide bonds. The van der Waals surface area contributed by atoms with Gasteiger partial charge in [-0.25, -0.2) is 4.98 Å². The molecule has 8 nitrogen and oxygen atoms in total. The Balaban J connectivity index is 1.40. The fourth-order valence-electron chi connectivity index (χ4n) is 3.66. The van der Waals surface area contributed by atoms with Crippen LogP contribution < -0.4 is 15.5 Å². The topological polar surface area (TPSA) is 118 Å². The summed E-state index contributed by atoms with van der Waals surface area (Å²) in [6.07, 6.45) is 3.13. The van der Waals surface area contributed by atoms with Crippen LogP contribution in [-0.4, -0.2) is 22.6 Å². The zero-order valence-electron chi connectivity index (χ0n) is 17.5. The van der Waals surface area contributed by atoms with Gasteiger partial charge in [0.15, 0.2) is 11.6 Å². The largest absolute Gasteiger partial charge is 0.459 e. The number of benzene rings is 2. The van der Waals surface area contributed by atoms with Crippen molar-refractivity contribution in [2.45, 2.75) is 6.54 Å². The molecule has 4 N–H and O–H groups in total. The van der Waals surface area contributed by atoms with E-state index in [9.17, 15) is 4.79 Å². The molecule has 3 heterocycles. The number of furan rings is 1. The molecular formula is C25H20N6O2. The molecule has 2 aromatic carbocycles. The molecule has 2 aromatic heterocycles. The Kier molecular flexibility index (Phi) is 5.16. The summed E-state index contributed by atoms with van der Waals surface area (Å²) in [5.74, 6) is 0.886. The molecule has 33 heavy (non-hydrogen) atoms. The monoisotopic (exact) mass is 436 g/mol. The zero-order chi connectivity index (χ0) is 22.8. The highest BCUT2D eigenvalue weighted by Gasteiger charge is 2.28. The molecule has 0 saturated heterocycles. The maximum absolute atomic E-state index is 12.1. The Morgan fingerprint density at radius 3 is 2.64 bits per heavy atom. The van der Waals surface area contributed by atoms with Crippen LogP contribution in [0.1, 0.15) is 27.2 Å². The second kappa shape index (κ2) is 8.43. The van der Waals surface area contributed by atoms with Gasteiger partial charge in [-0.3, -0.25) is 20.5 Å². The number of para-hydroxylation sites is 1. The summed E-state index contributed by atoms with van der Waals surface area (Å²) < 4.78 is 5.10. The molecule has 0 bridgehead atoms. The first-order chi connectivity index (χ1) is 16.1. The number of nitrogens with one attached hydrogen (secondary N) is 4. The number of carbonyl (C=O) groups is 1. The predicted octanol–water partition coefficient (Wildman–Crippen LogP) is 4.52. The minimum Gasteiger partial charge on any atom is -0.459 e. The maximum Gasteiger partial charge on any atom is 0.287 e. The smallest absolute Gasteiger partial charge is 0.287 e. The van der Waals surface area contributed by atoms with Crippen molar-refractivity contribution in [3.8, 4) is 0 Å². The van der Waals surface area contributed by atoms with Crippen molar-refractivity contribution in [2.75, 3.05) is 10.2 Å². The van der Waals surface area contributed by atoms with Crippen LogP contribution in [0.5, 0.6) is 0 Å². The number of nitrogens with zero attached hydrogens (tertiary/aromatic N) is 2. The van der Waals surface area contributed by atoms with E-state index in [4.69, 9.17) is 15.2 Å². The number of amides is 1. The van der Waals surface area contributed by atoms with Gasteiger partial charge in [0.2, 0.25) is 0 Å². The van der Waals surface area contributed by atoms with Gasteiger partial charge in [0.1, 0.15) is 11.7 Å². The van der Waals surface area contributed by atoms with Crippen molar-refractivity contribution in [1.29, 1.82) is 10.8 Å². The van der Waals surface area contributed by atoms with Crippen molar-refractivity contribution in [3.63, 3.8) is 0 Å². The van der Waals surface area contributed by atoms with E-state index in [0.29, 0.717) is 29.2 Å². The quantitative estimate of drug-likeness (QED) is 0.277. The molecule has 8 heteroatoms. The van der Waals surface area contributed by atoms with Gasteiger partial charge in [-0.2, -0.15) is 0 Å². The van der Waals surface area contributed by atoms with Gasteiger partial charge in [-0.05, 0) is 42.0 Å². The molecule has 162 valence electrons. The van der Waals surface area contributed by atoms with E-state index in [-0.39, 0.29) is 23.3 Å². The third-order valence-electron chi connectivity index (χ3n) is 5.34. The fraction of sp³-hybridized carbons (Fsp3) is 0.0400. The number of carbonyl (C=O) groups excluding carboxylic acids is 1. The molecule has 1 aliphatic rings. The summed E-state index contributed by atoms with van der Waals surface area (Å²) in [5, 5.41) is 23.9. The van der Waals surface area contributed by atoms with Gasteiger partial charge >= 0.3 is 0 Å². The first kappa shape index (κ1) is 20.2. The minimum absolute atomic E-state index is 0.152. The van der Waals surface area contributed by atoms with Crippen LogP contribution >= 0.6 is 0 Å². The van der Waals surface area contributed by atoms with Crippen LogP contribution in [0.3, 0.4) is 0 Å². The molecule has 0 radical (unpaired) electrons. The Hall–Kier alpha value is -4.72. The van der Waals surface area contributed by atoms with Gasteiger partial charge in [0.05, 0.1) is 17.6 Å². The summed E-state index contributed by atoms with van der Waals surface area (Å²) >= 11 is 0. The summed E-state index contributed by atoms with van der Waals surface area (Å²) in [4.78, 5) is 18.1. The summed E-state index contributed by atoms with van der Waals surface area (Å²) in [6, 6.07) is 21.7. The number of anilines is 3. The third kappa shape index (κ3) is 3.85. The highest BCUT2D eigenvalue weighted by molar-refractivity contribution is 6.30. The minimum atomic E-state index is -0.287. The van der Waals surface area contributed by atoms with Gasteiger partial charge in [0.25, 0.3) is 5.91 Å². The van der Waals surface area contributed by atoms with Crippen LogP contribution in [0, 0.1) is 10.8 Å². The van der Waals surface area contributed by atoms with E-state index in [1.807, 2.05) is 54.6 Å². The Morgan fingerprint density at radius 1 is 1.03 bits per heavy atom. The molecule has 0 atom stereocenters. The molecular weight excluding hydrogens is 416 g/mol. The summed E-state index contributed by atoms with van der Waals surface area (Å²) in [7, 11) is 0. The lowest BCUT2D eigenvalue weighted by Gasteiger charge is -2.25. The van der Waals surface area contributed by atoms with Gasteiger partial charge in [-0.1, -0.05) is 36.4 Å². The second-order valence-electron chi connectivity index (χ2n) is 7.43. The Bertz CT molecular complexity index is 1350. The van der Waals surface area contributed by atoms with Crippen molar-refractivity contribution in [2.24, 2.45) is 0 Å². The molecule has 5 rings (SSSR count). The van der Waals surface area contributed by atoms with Gasteiger partial charge in [-0.15, -0.1) is 0 Å². The molecule has 1 aliphatic heterocycles. The molecule has 0 aliphatic carbocycles. The first-order valence-electron chi connectivity index (χ1n) is 10.3. The van der Waals surface area contributed by atoms with Crippen LogP contribution in [-0.2, 0) is 6.54 Å². The fourth-order valence-corrected chi connectivity index (χ4v) is 3.66. The highest BCUT2D eigenvalue weighted by Crippen LogP contribution is 2.34. The number of fused-ring (bicyclic) bond motifs is 2. The average molecular weight is 436 g/mol. The average Bonchev–Trinajstić information content (AvgIpc) is 3.35. The standard InChI is InChI=1S/C25H20N6O2/c26-22(17-11-9-16(10-12-17)15-29-25(32)21-8-4-14-33-21)31-20-7-3-13-28-24(20)30-19-6-2-1-5-18(19)23(31)27/h1-14,26-27H,15H2,(H,28,30)(H,29,32). The van der Waals surface area contributed by atoms with Crippen LogP contribution in [0.2, 0.25) is 0 Å². The molecule has 0 unspecified atom stereocenters. The zero-order valence-corrected chi connectivity index (χ0v) is 17.5. The van der Waals surface area contributed by atoms with E-state index >= 15 is 0 Å². The molecule has 4 aromatic rings. The molecule has 0 spiro atoms. The van der Waals surface area contributed by atoms with Crippen molar-refractivity contribution >= 4 is 34.8 Å². The third-order valence-corrected chi connectivity index (χ3v) is 5.34. The van der Waals surface area contributed by atoms with Crippen LogP contribution in [0.25, 0.3) is 0 Å². The van der Waals surface area contributed by atoms with Crippen molar-refractivity contribution < 1.29 is 9.21 Å². The highest BCUT2D eigenvalue weighted by atomic mass is 16.3. The first-order valence-corrected chi connectivity index (χ1v) is 10.3.